The van der Waals surface area contributed by atoms with E-state index in [1.54, 1.807) is 0 Å². The maximum atomic E-state index is 2.38. The molecule has 2 rings (SSSR count). The van der Waals surface area contributed by atoms with Crippen molar-refractivity contribution < 1.29 is 0 Å². The monoisotopic (exact) mass is 214 g/mol. The third-order valence-electron chi connectivity index (χ3n) is 2.59. The van der Waals surface area contributed by atoms with Crippen molar-refractivity contribution in [1.29, 1.82) is 0 Å². The third kappa shape index (κ3) is 4.06. The summed E-state index contributed by atoms with van der Waals surface area (Å²) in [7, 11) is 0. The predicted molar refractivity (Wildman–Crippen MR) is 72.5 cm³/mol. The first-order chi connectivity index (χ1) is 7.84. The summed E-state index contributed by atoms with van der Waals surface area (Å²) in [6.07, 6.45) is 9.18. The molecule has 0 heteroatoms. The highest BCUT2D eigenvalue weighted by molar-refractivity contribution is 5.30. The average molecular weight is 214 g/mol. The van der Waals surface area contributed by atoms with Crippen LogP contribution in [-0.4, -0.2) is 0 Å². The number of hydrogen-bond donors (Lipinski definition) is 0. The van der Waals surface area contributed by atoms with Crippen LogP contribution < -0.4 is 0 Å². The second-order valence-corrected chi connectivity index (χ2v) is 4.02. The minimum absolute atomic E-state index is 0.707. The molecule has 1 aromatic carbocycles. The minimum atomic E-state index is 0.707. The molecule has 0 amide bonds. The molecule has 1 aliphatic rings. The van der Waals surface area contributed by atoms with Crippen molar-refractivity contribution in [2.75, 3.05) is 0 Å². The van der Waals surface area contributed by atoms with Gasteiger partial charge >= 0.3 is 0 Å². The van der Waals surface area contributed by atoms with E-state index < -0.39 is 0 Å². The molecular formula is C16H22. The standard InChI is InChI=1S/C14H16.C2H6/c1-12-6-5-9-14(10-12)11-13-7-3-2-4-8-13;1-2/h2-5,7-10,12H,6,11H2,1H3;1-2H3. The second-order valence-electron chi connectivity index (χ2n) is 4.02. The summed E-state index contributed by atoms with van der Waals surface area (Å²) in [5, 5.41) is 0. The minimum Gasteiger partial charge on any atom is -0.0837 e. The van der Waals surface area contributed by atoms with E-state index >= 15 is 0 Å². The van der Waals surface area contributed by atoms with Gasteiger partial charge in [0.2, 0.25) is 0 Å². The van der Waals surface area contributed by atoms with Crippen molar-refractivity contribution in [3.8, 4) is 0 Å². The molecule has 1 unspecified atom stereocenters. The molecule has 16 heavy (non-hydrogen) atoms. The molecule has 0 nitrogen and oxygen atoms in total. The zero-order valence-electron chi connectivity index (χ0n) is 10.6. The molecule has 0 saturated heterocycles. The van der Waals surface area contributed by atoms with Crippen LogP contribution in [0.1, 0.15) is 32.8 Å². The van der Waals surface area contributed by atoms with Crippen LogP contribution in [0.25, 0.3) is 0 Å². The predicted octanol–water partition coefficient (Wildman–Crippen LogP) is 4.78. The lowest BCUT2D eigenvalue weighted by atomic mass is 9.94. The van der Waals surface area contributed by atoms with Gasteiger partial charge in [0, 0.05) is 0 Å². The molecule has 0 aromatic heterocycles. The Hall–Kier alpha value is -1.30. The van der Waals surface area contributed by atoms with Crippen LogP contribution in [-0.2, 0) is 6.42 Å². The van der Waals surface area contributed by atoms with Crippen LogP contribution in [0.15, 0.2) is 54.1 Å². The average Bonchev–Trinajstić information content (AvgIpc) is 2.33. The van der Waals surface area contributed by atoms with Crippen LogP contribution in [0.2, 0.25) is 0 Å². The van der Waals surface area contributed by atoms with Crippen LogP contribution in [0.4, 0.5) is 0 Å². The fraction of sp³-hybridized carbons (Fsp3) is 0.375. The molecule has 1 atom stereocenters. The van der Waals surface area contributed by atoms with Crippen LogP contribution in [0.3, 0.4) is 0 Å². The van der Waals surface area contributed by atoms with Crippen LogP contribution >= 0.6 is 0 Å². The van der Waals surface area contributed by atoms with E-state index in [0.717, 1.165) is 6.42 Å². The van der Waals surface area contributed by atoms with Gasteiger partial charge in [-0.1, -0.05) is 69.3 Å². The van der Waals surface area contributed by atoms with Crippen LogP contribution in [0, 0.1) is 5.92 Å². The Labute approximate surface area is 99.7 Å². The highest BCUT2D eigenvalue weighted by Gasteiger charge is 2.04. The summed E-state index contributed by atoms with van der Waals surface area (Å²) in [5.74, 6) is 0.707. The van der Waals surface area contributed by atoms with Gasteiger partial charge in [-0.15, -0.1) is 0 Å². The van der Waals surface area contributed by atoms with Gasteiger partial charge in [0.05, 0.1) is 0 Å². The fourth-order valence-electron chi connectivity index (χ4n) is 1.87. The highest BCUT2D eigenvalue weighted by Crippen LogP contribution is 2.19. The van der Waals surface area contributed by atoms with Crippen molar-refractivity contribution in [2.45, 2.75) is 33.6 Å². The second kappa shape index (κ2) is 7.05. The Morgan fingerprint density at radius 1 is 1.12 bits per heavy atom. The van der Waals surface area contributed by atoms with Crippen LogP contribution in [0.5, 0.6) is 0 Å². The number of allylic oxidation sites excluding steroid dienone is 4. The van der Waals surface area contributed by atoms with Crippen molar-refractivity contribution in [2.24, 2.45) is 5.92 Å². The van der Waals surface area contributed by atoms with Crippen molar-refractivity contribution in [3.05, 3.63) is 59.7 Å². The van der Waals surface area contributed by atoms with E-state index in [2.05, 4.69) is 55.5 Å². The molecule has 0 spiro atoms. The Morgan fingerprint density at radius 3 is 2.44 bits per heavy atom. The zero-order chi connectivity index (χ0) is 11.8. The summed E-state index contributed by atoms with van der Waals surface area (Å²) in [5.41, 5.74) is 2.85. The van der Waals surface area contributed by atoms with E-state index in [4.69, 9.17) is 0 Å². The van der Waals surface area contributed by atoms with E-state index in [0.29, 0.717) is 5.92 Å². The molecule has 0 heterocycles. The van der Waals surface area contributed by atoms with Gasteiger partial charge in [0.1, 0.15) is 0 Å². The molecule has 0 fully saturated rings. The first-order valence-corrected chi connectivity index (χ1v) is 6.26. The zero-order valence-corrected chi connectivity index (χ0v) is 10.6. The quantitative estimate of drug-likeness (QED) is 0.664. The van der Waals surface area contributed by atoms with Gasteiger partial charge < -0.3 is 0 Å². The Morgan fingerprint density at radius 2 is 1.81 bits per heavy atom. The van der Waals surface area contributed by atoms with E-state index in [9.17, 15) is 0 Å². The Bertz CT molecular complexity index is 344. The maximum absolute atomic E-state index is 2.38. The van der Waals surface area contributed by atoms with Crippen molar-refractivity contribution >= 4 is 0 Å². The fourth-order valence-corrected chi connectivity index (χ4v) is 1.87. The maximum Gasteiger partial charge on any atom is -0.00289 e. The van der Waals surface area contributed by atoms with Crippen molar-refractivity contribution in [1.82, 2.24) is 0 Å². The number of hydrogen-bond acceptors (Lipinski definition) is 0. The van der Waals surface area contributed by atoms with Gasteiger partial charge in [0.15, 0.2) is 0 Å². The highest BCUT2D eigenvalue weighted by atomic mass is 14.1. The smallest absolute Gasteiger partial charge is 0.00289 e. The van der Waals surface area contributed by atoms with Gasteiger partial charge in [0.25, 0.3) is 0 Å². The molecule has 1 aliphatic carbocycles. The number of benzene rings is 1. The Kier molecular flexibility index (Phi) is 5.63. The first kappa shape index (κ1) is 12.8. The van der Waals surface area contributed by atoms with Gasteiger partial charge in [-0.05, 0) is 29.9 Å². The van der Waals surface area contributed by atoms with Gasteiger partial charge in [-0.25, -0.2) is 0 Å². The molecule has 0 radical (unpaired) electrons. The lowest BCUT2D eigenvalue weighted by Crippen LogP contribution is -1.97. The Balaban J connectivity index is 0.000000606. The molecule has 1 aromatic rings. The van der Waals surface area contributed by atoms with E-state index in [1.165, 1.54) is 17.6 Å². The molecule has 0 aliphatic heterocycles. The molecular weight excluding hydrogens is 192 g/mol. The summed E-state index contributed by atoms with van der Waals surface area (Å²) in [6, 6.07) is 10.6. The summed E-state index contributed by atoms with van der Waals surface area (Å²) in [4.78, 5) is 0. The molecule has 86 valence electrons. The third-order valence-corrected chi connectivity index (χ3v) is 2.59. The summed E-state index contributed by atoms with van der Waals surface area (Å²) >= 11 is 0. The largest absolute Gasteiger partial charge is 0.0837 e. The van der Waals surface area contributed by atoms with E-state index in [1.807, 2.05) is 13.8 Å². The summed E-state index contributed by atoms with van der Waals surface area (Å²) in [6.45, 7) is 6.27. The number of rotatable bonds is 2. The lowest BCUT2D eigenvalue weighted by molar-refractivity contribution is 0.725. The summed E-state index contributed by atoms with van der Waals surface area (Å²) < 4.78 is 0. The normalized spacial score (nSPS) is 18.4. The van der Waals surface area contributed by atoms with Crippen molar-refractivity contribution in [3.63, 3.8) is 0 Å². The SMILES string of the molecule is CC.CC1C=C(Cc2ccccc2)C=CC1. The van der Waals surface area contributed by atoms with Gasteiger partial charge in [-0.3, -0.25) is 0 Å². The topological polar surface area (TPSA) is 0 Å². The molecule has 0 N–H and O–H groups in total. The molecule has 0 bridgehead atoms. The van der Waals surface area contributed by atoms with E-state index in [-0.39, 0.29) is 0 Å². The lowest BCUT2D eigenvalue weighted by Gasteiger charge is -2.12. The first-order valence-electron chi connectivity index (χ1n) is 6.26. The van der Waals surface area contributed by atoms with Gasteiger partial charge in [-0.2, -0.15) is 0 Å². The molecule has 0 saturated carbocycles.